The van der Waals surface area contributed by atoms with E-state index in [9.17, 15) is 9.59 Å². The Kier molecular flexibility index (Phi) is 6.05. The Morgan fingerprint density at radius 2 is 1.96 bits per heavy atom. The molecule has 0 aliphatic carbocycles. The van der Waals surface area contributed by atoms with Crippen molar-refractivity contribution in [1.82, 2.24) is 5.32 Å². The van der Waals surface area contributed by atoms with Gasteiger partial charge in [0.1, 0.15) is 17.4 Å². The molecule has 2 rings (SSSR count). The van der Waals surface area contributed by atoms with Crippen LogP contribution in [0.2, 0.25) is 0 Å². The summed E-state index contributed by atoms with van der Waals surface area (Å²) in [5.74, 6) is -0.184. The third-order valence-electron chi connectivity index (χ3n) is 3.53. The van der Waals surface area contributed by atoms with E-state index >= 15 is 0 Å². The Balaban J connectivity index is 1.96. The van der Waals surface area contributed by atoms with Gasteiger partial charge in [-0.25, -0.2) is 4.79 Å². The van der Waals surface area contributed by atoms with E-state index in [4.69, 9.17) is 19.0 Å². The summed E-state index contributed by atoms with van der Waals surface area (Å²) >= 11 is 0. The van der Waals surface area contributed by atoms with E-state index in [-0.39, 0.29) is 29.7 Å². The summed E-state index contributed by atoms with van der Waals surface area (Å²) < 4.78 is 16.3. The zero-order valence-corrected chi connectivity index (χ0v) is 14.4. The minimum atomic E-state index is -1.12. The number of benzene rings is 1. The standard InChI is InChI=1S/C18H21NO6/c1-4-13-12(18(21)22)9-16(25-13)17(20)19-10-11(2)24-15-8-6-5-7-14(15)23-3/h5-9,11H,4,10H2,1-3H3,(H,19,20)(H,21,22). The molecule has 0 aliphatic heterocycles. The van der Waals surface area contributed by atoms with Gasteiger partial charge in [-0.15, -0.1) is 0 Å². The number of carbonyl (C=O) groups excluding carboxylic acids is 1. The molecule has 1 unspecified atom stereocenters. The third-order valence-corrected chi connectivity index (χ3v) is 3.53. The first-order chi connectivity index (χ1) is 12.0. The summed E-state index contributed by atoms with van der Waals surface area (Å²) in [6.07, 6.45) is 0.0715. The Morgan fingerprint density at radius 1 is 1.28 bits per heavy atom. The minimum Gasteiger partial charge on any atom is -0.493 e. The fourth-order valence-corrected chi connectivity index (χ4v) is 2.28. The van der Waals surface area contributed by atoms with Gasteiger partial charge in [-0.1, -0.05) is 19.1 Å². The van der Waals surface area contributed by atoms with E-state index in [0.29, 0.717) is 17.9 Å². The largest absolute Gasteiger partial charge is 0.493 e. The molecule has 134 valence electrons. The molecule has 2 N–H and O–H groups in total. The molecule has 0 spiro atoms. The van der Waals surface area contributed by atoms with E-state index in [1.807, 2.05) is 12.1 Å². The van der Waals surface area contributed by atoms with Gasteiger partial charge in [0.15, 0.2) is 17.3 Å². The molecule has 1 amide bonds. The smallest absolute Gasteiger partial charge is 0.339 e. The van der Waals surface area contributed by atoms with Gasteiger partial charge in [-0.05, 0) is 19.1 Å². The van der Waals surface area contributed by atoms with Gasteiger partial charge in [0.25, 0.3) is 5.91 Å². The fourth-order valence-electron chi connectivity index (χ4n) is 2.28. The number of amides is 1. The van der Waals surface area contributed by atoms with Crippen molar-refractivity contribution in [2.24, 2.45) is 0 Å². The van der Waals surface area contributed by atoms with Crippen LogP contribution in [0.3, 0.4) is 0 Å². The first-order valence-corrected chi connectivity index (χ1v) is 7.90. The van der Waals surface area contributed by atoms with Crippen LogP contribution in [-0.2, 0) is 6.42 Å². The topological polar surface area (TPSA) is 98.0 Å². The highest BCUT2D eigenvalue weighted by Crippen LogP contribution is 2.26. The molecule has 0 radical (unpaired) electrons. The van der Waals surface area contributed by atoms with Crippen molar-refractivity contribution < 1.29 is 28.6 Å². The second kappa shape index (κ2) is 8.23. The average Bonchev–Trinajstić information content (AvgIpc) is 3.05. The molecule has 1 aromatic carbocycles. The summed E-state index contributed by atoms with van der Waals surface area (Å²) in [5, 5.41) is 11.8. The van der Waals surface area contributed by atoms with Crippen LogP contribution in [-0.4, -0.2) is 36.7 Å². The van der Waals surface area contributed by atoms with E-state index in [2.05, 4.69) is 5.32 Å². The monoisotopic (exact) mass is 347 g/mol. The Labute approximate surface area is 145 Å². The van der Waals surface area contributed by atoms with E-state index in [1.54, 1.807) is 33.1 Å². The van der Waals surface area contributed by atoms with Crippen LogP contribution in [0, 0.1) is 0 Å². The number of aryl methyl sites for hydroxylation is 1. The molecule has 0 saturated heterocycles. The molecule has 1 heterocycles. The van der Waals surface area contributed by atoms with Crippen molar-refractivity contribution in [2.75, 3.05) is 13.7 Å². The number of carbonyl (C=O) groups is 2. The number of ether oxygens (including phenoxy) is 2. The maximum Gasteiger partial charge on any atom is 0.339 e. The minimum absolute atomic E-state index is 0.00553. The molecule has 0 aliphatic rings. The molecule has 1 aromatic heterocycles. The van der Waals surface area contributed by atoms with Crippen LogP contribution in [0.25, 0.3) is 0 Å². The van der Waals surface area contributed by atoms with E-state index < -0.39 is 11.9 Å². The van der Waals surface area contributed by atoms with E-state index in [0.717, 1.165) is 0 Å². The second-order valence-corrected chi connectivity index (χ2v) is 5.40. The van der Waals surface area contributed by atoms with Crippen LogP contribution >= 0.6 is 0 Å². The van der Waals surface area contributed by atoms with Crippen LogP contribution in [0.15, 0.2) is 34.7 Å². The fraction of sp³-hybridized carbons (Fsp3) is 0.333. The molecule has 7 heteroatoms. The van der Waals surface area contributed by atoms with Crippen molar-refractivity contribution in [3.63, 3.8) is 0 Å². The van der Waals surface area contributed by atoms with Gasteiger partial charge >= 0.3 is 5.97 Å². The molecule has 7 nitrogen and oxygen atoms in total. The zero-order valence-electron chi connectivity index (χ0n) is 14.4. The number of hydrogen-bond acceptors (Lipinski definition) is 5. The van der Waals surface area contributed by atoms with Crippen molar-refractivity contribution in [3.8, 4) is 11.5 Å². The number of carboxylic acids is 1. The molecule has 0 bridgehead atoms. The first-order valence-electron chi connectivity index (χ1n) is 7.90. The Morgan fingerprint density at radius 3 is 2.52 bits per heavy atom. The number of nitrogens with one attached hydrogen (secondary N) is 1. The maximum atomic E-state index is 12.2. The molecular weight excluding hydrogens is 326 g/mol. The van der Waals surface area contributed by atoms with Crippen LogP contribution in [0.5, 0.6) is 11.5 Å². The molecule has 25 heavy (non-hydrogen) atoms. The van der Waals surface area contributed by atoms with Crippen LogP contribution in [0.1, 0.15) is 40.5 Å². The van der Waals surface area contributed by atoms with Gasteiger partial charge < -0.3 is 24.3 Å². The van der Waals surface area contributed by atoms with Crippen molar-refractivity contribution >= 4 is 11.9 Å². The van der Waals surface area contributed by atoms with Gasteiger partial charge in [0.2, 0.25) is 0 Å². The molecule has 0 saturated carbocycles. The number of furan rings is 1. The third kappa shape index (κ3) is 4.53. The summed E-state index contributed by atoms with van der Waals surface area (Å²) in [6.45, 7) is 3.78. The molecular formula is C18H21NO6. The predicted molar refractivity (Wildman–Crippen MR) is 90.5 cm³/mol. The van der Waals surface area contributed by atoms with Crippen LogP contribution in [0.4, 0.5) is 0 Å². The normalized spacial score (nSPS) is 11.6. The predicted octanol–water partition coefficient (Wildman–Crippen LogP) is 2.75. The summed E-state index contributed by atoms with van der Waals surface area (Å²) in [7, 11) is 1.55. The Hall–Kier alpha value is -2.96. The highest BCUT2D eigenvalue weighted by molar-refractivity contribution is 5.96. The van der Waals surface area contributed by atoms with Crippen molar-refractivity contribution in [3.05, 3.63) is 47.4 Å². The van der Waals surface area contributed by atoms with Gasteiger partial charge in [-0.3, -0.25) is 4.79 Å². The average molecular weight is 347 g/mol. The highest BCUT2D eigenvalue weighted by Gasteiger charge is 2.20. The quantitative estimate of drug-likeness (QED) is 0.762. The lowest BCUT2D eigenvalue weighted by atomic mass is 10.2. The molecule has 2 aromatic rings. The molecule has 0 fully saturated rings. The highest BCUT2D eigenvalue weighted by atomic mass is 16.5. The lowest BCUT2D eigenvalue weighted by Crippen LogP contribution is -2.33. The second-order valence-electron chi connectivity index (χ2n) is 5.40. The van der Waals surface area contributed by atoms with Gasteiger partial charge in [0, 0.05) is 12.5 Å². The number of hydrogen-bond donors (Lipinski definition) is 2. The number of rotatable bonds is 8. The SMILES string of the molecule is CCc1oc(C(=O)NCC(C)Oc2ccccc2OC)cc1C(=O)O. The summed E-state index contributed by atoms with van der Waals surface area (Å²) in [6, 6.07) is 8.45. The summed E-state index contributed by atoms with van der Waals surface area (Å²) in [4.78, 5) is 23.3. The zero-order chi connectivity index (χ0) is 18.4. The summed E-state index contributed by atoms with van der Waals surface area (Å²) in [5.41, 5.74) is 0.00553. The van der Waals surface area contributed by atoms with Gasteiger partial charge in [-0.2, -0.15) is 0 Å². The number of carboxylic acid groups (broad SMARTS) is 1. The lowest BCUT2D eigenvalue weighted by Gasteiger charge is -2.17. The number of methoxy groups -OCH3 is 1. The van der Waals surface area contributed by atoms with Crippen molar-refractivity contribution in [2.45, 2.75) is 26.4 Å². The number of para-hydroxylation sites is 2. The number of aromatic carboxylic acids is 1. The van der Waals surface area contributed by atoms with Gasteiger partial charge in [0.05, 0.1) is 13.7 Å². The van der Waals surface area contributed by atoms with Crippen LogP contribution < -0.4 is 14.8 Å². The first kappa shape index (κ1) is 18.4. The lowest BCUT2D eigenvalue weighted by molar-refractivity contribution is 0.0694. The van der Waals surface area contributed by atoms with E-state index in [1.165, 1.54) is 6.07 Å². The maximum absolute atomic E-state index is 12.2. The van der Waals surface area contributed by atoms with Crippen molar-refractivity contribution in [1.29, 1.82) is 0 Å². The molecule has 1 atom stereocenters. The Bertz CT molecular complexity index is 752.